The number of benzene rings is 1. The van der Waals surface area contributed by atoms with Gasteiger partial charge in [0, 0.05) is 5.02 Å². The summed E-state index contributed by atoms with van der Waals surface area (Å²) in [5, 5.41) is 4.32. The number of hydrogen-bond donors (Lipinski definition) is 1. The fourth-order valence-corrected chi connectivity index (χ4v) is 2.73. The predicted octanol–water partition coefficient (Wildman–Crippen LogP) is 4.59. The Morgan fingerprint density at radius 1 is 1.35 bits per heavy atom. The highest BCUT2D eigenvalue weighted by atomic mass is 35.5. The van der Waals surface area contributed by atoms with E-state index in [1.54, 1.807) is 0 Å². The van der Waals surface area contributed by atoms with E-state index in [9.17, 15) is 0 Å². The highest BCUT2D eigenvalue weighted by Crippen LogP contribution is 2.39. The van der Waals surface area contributed by atoms with Crippen LogP contribution in [0, 0.1) is 12.8 Å². The zero-order chi connectivity index (χ0) is 14.6. The summed E-state index contributed by atoms with van der Waals surface area (Å²) in [7, 11) is 0. The van der Waals surface area contributed by atoms with Crippen LogP contribution in [-0.2, 0) is 0 Å². The molecule has 1 aliphatic rings. The summed E-state index contributed by atoms with van der Waals surface area (Å²) >= 11 is 6.07. The summed E-state index contributed by atoms with van der Waals surface area (Å²) < 4.78 is 6.28. The molecular formula is C17H26ClNO. The molecule has 2 rings (SSSR count). The highest BCUT2D eigenvalue weighted by Gasteiger charge is 2.38. The van der Waals surface area contributed by atoms with E-state index in [-0.39, 0.29) is 5.60 Å². The second-order valence-corrected chi connectivity index (χ2v) is 6.80. The smallest absolute Gasteiger partial charge is 0.120 e. The first-order valence-corrected chi connectivity index (χ1v) is 8.04. The van der Waals surface area contributed by atoms with E-state index in [4.69, 9.17) is 16.3 Å². The van der Waals surface area contributed by atoms with E-state index in [1.165, 1.54) is 6.42 Å². The van der Waals surface area contributed by atoms with E-state index >= 15 is 0 Å². The van der Waals surface area contributed by atoms with Crippen molar-refractivity contribution in [1.82, 2.24) is 5.32 Å². The van der Waals surface area contributed by atoms with E-state index < -0.39 is 0 Å². The molecule has 20 heavy (non-hydrogen) atoms. The molecule has 1 aromatic rings. The van der Waals surface area contributed by atoms with Gasteiger partial charge in [-0.1, -0.05) is 25.4 Å². The summed E-state index contributed by atoms with van der Waals surface area (Å²) in [5.41, 5.74) is 1.13. The Hall–Kier alpha value is -0.730. The lowest BCUT2D eigenvalue weighted by Crippen LogP contribution is -2.45. The third-order valence-corrected chi connectivity index (χ3v) is 4.46. The van der Waals surface area contributed by atoms with Crippen LogP contribution in [0.15, 0.2) is 18.2 Å². The first-order valence-electron chi connectivity index (χ1n) is 7.67. The van der Waals surface area contributed by atoms with Gasteiger partial charge in [-0.05, 0) is 75.4 Å². The summed E-state index contributed by atoms with van der Waals surface area (Å²) in [4.78, 5) is 0. The number of halogens is 1. The van der Waals surface area contributed by atoms with E-state index in [2.05, 4.69) is 19.2 Å². The van der Waals surface area contributed by atoms with Gasteiger partial charge in [0.25, 0.3) is 0 Å². The van der Waals surface area contributed by atoms with Gasteiger partial charge in [-0.2, -0.15) is 0 Å². The molecule has 3 heteroatoms. The Balaban J connectivity index is 1.88. The second-order valence-electron chi connectivity index (χ2n) is 6.40. The van der Waals surface area contributed by atoms with E-state index in [1.807, 2.05) is 25.1 Å². The third-order valence-electron chi connectivity index (χ3n) is 4.04. The van der Waals surface area contributed by atoms with Gasteiger partial charge in [0.1, 0.15) is 11.4 Å². The quantitative estimate of drug-likeness (QED) is 0.743. The number of ether oxygens (including phenoxy) is 1. The Bertz CT molecular complexity index is 441. The van der Waals surface area contributed by atoms with Gasteiger partial charge in [0.2, 0.25) is 0 Å². The molecule has 0 unspecified atom stereocenters. The van der Waals surface area contributed by atoms with Crippen molar-refractivity contribution in [3.05, 3.63) is 28.8 Å². The van der Waals surface area contributed by atoms with E-state index in [0.29, 0.717) is 5.92 Å². The van der Waals surface area contributed by atoms with Crippen LogP contribution in [0.4, 0.5) is 0 Å². The normalized spacial score (nSPS) is 17.1. The maximum Gasteiger partial charge on any atom is 0.120 e. The van der Waals surface area contributed by atoms with Crippen molar-refractivity contribution in [1.29, 1.82) is 0 Å². The van der Waals surface area contributed by atoms with Crippen molar-refractivity contribution in [2.24, 2.45) is 5.92 Å². The van der Waals surface area contributed by atoms with Crippen molar-refractivity contribution < 1.29 is 4.74 Å². The van der Waals surface area contributed by atoms with Gasteiger partial charge in [-0.3, -0.25) is 0 Å². The molecule has 112 valence electrons. The molecule has 1 saturated carbocycles. The molecule has 0 bridgehead atoms. The van der Waals surface area contributed by atoms with Crippen molar-refractivity contribution in [3.63, 3.8) is 0 Å². The number of nitrogens with one attached hydrogen (secondary N) is 1. The molecule has 1 aromatic carbocycles. The lowest BCUT2D eigenvalue weighted by molar-refractivity contribution is -0.0143. The largest absolute Gasteiger partial charge is 0.487 e. The molecule has 0 saturated heterocycles. The molecule has 0 atom stereocenters. The maximum absolute atomic E-state index is 6.28. The predicted molar refractivity (Wildman–Crippen MR) is 85.7 cm³/mol. The van der Waals surface area contributed by atoms with Crippen LogP contribution in [0.3, 0.4) is 0 Å². The van der Waals surface area contributed by atoms with Crippen molar-refractivity contribution in [2.45, 2.75) is 52.1 Å². The van der Waals surface area contributed by atoms with Crippen LogP contribution in [0.1, 0.15) is 45.1 Å². The SMILES string of the molecule is Cc1cc(OC2(CCNCC(C)C)CCC2)ccc1Cl. The minimum Gasteiger partial charge on any atom is -0.487 e. The van der Waals surface area contributed by atoms with Crippen LogP contribution >= 0.6 is 11.6 Å². The van der Waals surface area contributed by atoms with Crippen molar-refractivity contribution in [3.8, 4) is 5.75 Å². The zero-order valence-corrected chi connectivity index (χ0v) is 13.6. The molecule has 0 spiro atoms. The molecule has 1 fully saturated rings. The van der Waals surface area contributed by atoms with Crippen LogP contribution in [0.2, 0.25) is 5.02 Å². The Kier molecular flexibility index (Phi) is 5.34. The second kappa shape index (κ2) is 6.82. The van der Waals surface area contributed by atoms with Crippen molar-refractivity contribution >= 4 is 11.6 Å². The molecule has 0 aliphatic heterocycles. The topological polar surface area (TPSA) is 21.3 Å². The molecule has 1 aliphatic carbocycles. The molecular weight excluding hydrogens is 270 g/mol. The summed E-state index contributed by atoms with van der Waals surface area (Å²) in [6.45, 7) is 8.60. The van der Waals surface area contributed by atoms with Gasteiger partial charge in [0.05, 0.1) is 0 Å². The molecule has 0 heterocycles. The maximum atomic E-state index is 6.28. The van der Waals surface area contributed by atoms with Gasteiger partial charge < -0.3 is 10.1 Å². The van der Waals surface area contributed by atoms with Crippen molar-refractivity contribution in [2.75, 3.05) is 13.1 Å². The fraction of sp³-hybridized carbons (Fsp3) is 0.647. The Labute approximate surface area is 127 Å². The summed E-state index contributed by atoms with van der Waals surface area (Å²) in [6.07, 6.45) is 4.69. The fourth-order valence-electron chi connectivity index (χ4n) is 2.61. The van der Waals surface area contributed by atoms with Gasteiger partial charge >= 0.3 is 0 Å². The van der Waals surface area contributed by atoms with Crippen LogP contribution < -0.4 is 10.1 Å². The van der Waals surface area contributed by atoms with Gasteiger partial charge in [-0.15, -0.1) is 0 Å². The minimum absolute atomic E-state index is 0.0459. The average molecular weight is 296 g/mol. The van der Waals surface area contributed by atoms with Crippen LogP contribution in [0.5, 0.6) is 5.75 Å². The average Bonchev–Trinajstić information content (AvgIpc) is 2.35. The van der Waals surface area contributed by atoms with Gasteiger partial charge in [0.15, 0.2) is 0 Å². The van der Waals surface area contributed by atoms with Crippen LogP contribution in [-0.4, -0.2) is 18.7 Å². The lowest BCUT2D eigenvalue weighted by atomic mass is 9.77. The minimum atomic E-state index is 0.0459. The highest BCUT2D eigenvalue weighted by molar-refractivity contribution is 6.31. The monoisotopic (exact) mass is 295 g/mol. The molecule has 0 amide bonds. The molecule has 0 aromatic heterocycles. The first-order chi connectivity index (χ1) is 9.51. The van der Waals surface area contributed by atoms with Gasteiger partial charge in [-0.25, -0.2) is 0 Å². The van der Waals surface area contributed by atoms with Crippen LogP contribution in [0.25, 0.3) is 0 Å². The molecule has 1 N–H and O–H groups in total. The number of rotatable bonds is 7. The lowest BCUT2D eigenvalue weighted by Gasteiger charge is -2.42. The first kappa shape index (κ1) is 15.7. The number of aryl methyl sites for hydroxylation is 1. The Morgan fingerprint density at radius 2 is 2.10 bits per heavy atom. The third kappa shape index (κ3) is 4.13. The molecule has 0 radical (unpaired) electrons. The molecule has 2 nitrogen and oxygen atoms in total. The van der Waals surface area contributed by atoms with E-state index in [0.717, 1.165) is 48.7 Å². The Morgan fingerprint density at radius 3 is 2.65 bits per heavy atom. The summed E-state index contributed by atoms with van der Waals surface area (Å²) in [5.74, 6) is 1.66. The standard InChI is InChI=1S/C17H26ClNO/c1-13(2)12-19-10-9-17(7-4-8-17)20-15-5-6-16(18)14(3)11-15/h5-6,11,13,19H,4,7-10,12H2,1-3H3. The number of hydrogen-bond acceptors (Lipinski definition) is 2. The summed E-state index contributed by atoms with van der Waals surface area (Å²) in [6, 6.07) is 5.95. The zero-order valence-electron chi connectivity index (χ0n) is 12.8.